The molecule has 0 radical (unpaired) electrons. The van der Waals surface area contributed by atoms with E-state index in [0.29, 0.717) is 22.8 Å². The number of nitrogens with zero attached hydrogens (tertiary/aromatic N) is 3. The smallest absolute Gasteiger partial charge is 0.273 e. The molecule has 2 aromatic heterocycles. The summed E-state index contributed by atoms with van der Waals surface area (Å²) in [6.45, 7) is 0. The zero-order valence-electron chi connectivity index (χ0n) is 17.7. The number of carbonyl (C=O) groups excluding carboxylic acids is 1. The SMILES string of the molecule is CNC(=O)/C(C#N)=c1/s/c(=C/c2ccc(-c3ccc([N+](=O)[O-])cc3)o2)c(=O)n1-c1ccccc1. The first-order chi connectivity index (χ1) is 16.4. The van der Waals surface area contributed by atoms with Crippen LogP contribution in [0, 0.1) is 21.4 Å². The molecular weight excluding hydrogens is 456 g/mol. The average Bonchev–Trinajstić information content (AvgIpc) is 3.45. The number of amides is 1. The van der Waals surface area contributed by atoms with Crippen molar-refractivity contribution in [1.29, 1.82) is 5.26 Å². The molecule has 0 saturated heterocycles. The fourth-order valence-electron chi connectivity index (χ4n) is 3.24. The molecule has 2 aromatic carbocycles. The molecule has 0 aliphatic carbocycles. The van der Waals surface area contributed by atoms with Crippen molar-refractivity contribution >= 4 is 34.6 Å². The molecule has 4 rings (SSSR count). The number of benzene rings is 2. The standard InChI is InChI=1S/C24H16N4O5S/c1-26-22(29)19(14-25)24-27(16-5-3-2-4-6-16)23(30)21(34-24)13-18-11-12-20(33-18)15-7-9-17(10-8-15)28(31)32/h2-13H,1H3,(H,26,29)/b21-13+,24-19+. The molecule has 0 fully saturated rings. The lowest BCUT2D eigenvalue weighted by atomic mass is 10.1. The average molecular weight is 472 g/mol. The summed E-state index contributed by atoms with van der Waals surface area (Å²) in [5.41, 5.74) is 0.533. The van der Waals surface area contributed by atoms with Crippen LogP contribution in [-0.4, -0.2) is 22.4 Å². The molecule has 1 N–H and O–H groups in total. The van der Waals surface area contributed by atoms with E-state index in [2.05, 4.69) is 5.32 Å². The number of nitriles is 1. The topological polar surface area (TPSA) is 131 Å². The Kier molecular flexibility index (Phi) is 6.20. The fraction of sp³-hybridized carbons (Fsp3) is 0.0417. The molecule has 34 heavy (non-hydrogen) atoms. The highest BCUT2D eigenvalue weighted by molar-refractivity contribution is 7.07. The molecule has 0 aliphatic heterocycles. The van der Waals surface area contributed by atoms with Crippen LogP contribution in [0.25, 0.3) is 28.7 Å². The molecule has 0 aliphatic rings. The van der Waals surface area contributed by atoms with Crippen LogP contribution in [0.5, 0.6) is 0 Å². The van der Waals surface area contributed by atoms with Gasteiger partial charge in [-0.15, -0.1) is 11.3 Å². The van der Waals surface area contributed by atoms with Gasteiger partial charge in [0.25, 0.3) is 17.2 Å². The predicted octanol–water partition coefficient (Wildman–Crippen LogP) is 2.32. The number of thiazole rings is 1. The van der Waals surface area contributed by atoms with Crippen LogP contribution >= 0.6 is 11.3 Å². The van der Waals surface area contributed by atoms with E-state index in [1.165, 1.54) is 29.8 Å². The molecule has 10 heteroatoms. The number of aromatic nitrogens is 1. The third-order valence-corrected chi connectivity index (χ3v) is 5.97. The molecule has 9 nitrogen and oxygen atoms in total. The second-order valence-electron chi connectivity index (χ2n) is 6.96. The maximum absolute atomic E-state index is 13.3. The number of para-hydroxylation sites is 1. The van der Waals surface area contributed by atoms with Gasteiger partial charge in [0.1, 0.15) is 22.3 Å². The van der Waals surface area contributed by atoms with Crippen LogP contribution in [0.3, 0.4) is 0 Å². The van der Waals surface area contributed by atoms with Crippen molar-refractivity contribution in [2.24, 2.45) is 0 Å². The summed E-state index contributed by atoms with van der Waals surface area (Å²) in [5.74, 6) is 0.242. The Morgan fingerprint density at radius 2 is 1.85 bits per heavy atom. The minimum atomic E-state index is -0.599. The lowest BCUT2D eigenvalue weighted by Gasteiger charge is -2.02. The number of nitrogens with one attached hydrogen (secondary N) is 1. The summed E-state index contributed by atoms with van der Waals surface area (Å²) in [4.78, 5) is 35.9. The summed E-state index contributed by atoms with van der Waals surface area (Å²) < 4.78 is 7.61. The summed E-state index contributed by atoms with van der Waals surface area (Å²) >= 11 is 1.00. The van der Waals surface area contributed by atoms with E-state index in [1.807, 2.05) is 6.07 Å². The molecule has 4 aromatic rings. The number of furan rings is 1. The van der Waals surface area contributed by atoms with Crippen molar-refractivity contribution in [3.8, 4) is 23.1 Å². The first kappa shape index (κ1) is 22.4. The summed E-state index contributed by atoms with van der Waals surface area (Å²) in [5, 5.41) is 22.9. The number of nitro groups is 1. The van der Waals surface area contributed by atoms with Crippen molar-refractivity contribution < 1.29 is 14.1 Å². The Morgan fingerprint density at radius 3 is 2.47 bits per heavy atom. The van der Waals surface area contributed by atoms with Crippen LogP contribution in [0.1, 0.15) is 5.76 Å². The number of hydrogen-bond acceptors (Lipinski definition) is 7. The number of hydrogen-bond donors (Lipinski definition) is 1. The number of rotatable bonds is 5. The van der Waals surface area contributed by atoms with E-state index in [9.17, 15) is 25.0 Å². The summed E-state index contributed by atoms with van der Waals surface area (Å²) in [7, 11) is 1.41. The summed E-state index contributed by atoms with van der Waals surface area (Å²) in [6, 6.07) is 19.9. The largest absolute Gasteiger partial charge is 0.457 e. The van der Waals surface area contributed by atoms with Gasteiger partial charge in [-0.3, -0.25) is 24.3 Å². The van der Waals surface area contributed by atoms with Gasteiger partial charge in [0.05, 0.1) is 15.1 Å². The van der Waals surface area contributed by atoms with E-state index < -0.39 is 16.4 Å². The Morgan fingerprint density at radius 1 is 1.15 bits per heavy atom. The van der Waals surface area contributed by atoms with E-state index in [1.54, 1.807) is 54.6 Å². The van der Waals surface area contributed by atoms with Gasteiger partial charge >= 0.3 is 0 Å². The molecule has 2 heterocycles. The normalized spacial score (nSPS) is 12.2. The van der Waals surface area contributed by atoms with Gasteiger partial charge in [-0.05, 0) is 36.4 Å². The molecule has 0 saturated carbocycles. The molecule has 1 amide bonds. The Balaban J connectivity index is 1.87. The van der Waals surface area contributed by atoms with Crippen LogP contribution in [0.4, 0.5) is 5.69 Å². The fourth-order valence-corrected chi connectivity index (χ4v) is 4.33. The first-order valence-electron chi connectivity index (χ1n) is 9.93. The zero-order valence-corrected chi connectivity index (χ0v) is 18.5. The van der Waals surface area contributed by atoms with Gasteiger partial charge in [-0.2, -0.15) is 5.26 Å². The molecule has 0 bridgehead atoms. The molecule has 168 valence electrons. The second-order valence-corrected chi connectivity index (χ2v) is 7.99. The highest BCUT2D eigenvalue weighted by atomic mass is 32.1. The number of non-ortho nitro benzene ring substituents is 1. The highest BCUT2D eigenvalue weighted by Gasteiger charge is 2.16. The van der Waals surface area contributed by atoms with Crippen molar-refractivity contribution in [3.05, 3.63) is 102 Å². The zero-order chi connectivity index (χ0) is 24.2. The minimum absolute atomic E-state index is 0.0321. The van der Waals surface area contributed by atoms with E-state index >= 15 is 0 Å². The highest BCUT2D eigenvalue weighted by Crippen LogP contribution is 2.24. The van der Waals surface area contributed by atoms with Crippen LogP contribution in [0.2, 0.25) is 0 Å². The van der Waals surface area contributed by atoms with Gasteiger partial charge in [-0.1, -0.05) is 18.2 Å². The van der Waals surface area contributed by atoms with Gasteiger partial charge in [-0.25, -0.2) is 0 Å². The molecule has 0 atom stereocenters. The van der Waals surface area contributed by atoms with E-state index in [0.717, 1.165) is 11.3 Å². The number of carbonyl (C=O) groups is 1. The van der Waals surface area contributed by atoms with Crippen molar-refractivity contribution in [3.63, 3.8) is 0 Å². The molecular formula is C24H16N4O5S. The third-order valence-electron chi connectivity index (χ3n) is 4.88. The van der Waals surface area contributed by atoms with Crippen molar-refractivity contribution in [2.75, 3.05) is 7.05 Å². The Bertz CT molecular complexity index is 1610. The Hall–Kier alpha value is -4.75. The van der Waals surface area contributed by atoms with Gasteiger partial charge < -0.3 is 9.73 Å². The second kappa shape index (κ2) is 9.40. The lowest BCUT2D eigenvalue weighted by molar-refractivity contribution is -0.384. The molecule has 0 spiro atoms. The van der Waals surface area contributed by atoms with Crippen LogP contribution in [0.15, 0.2) is 75.9 Å². The quantitative estimate of drug-likeness (QED) is 0.350. The van der Waals surface area contributed by atoms with E-state index in [-0.39, 0.29) is 20.5 Å². The monoisotopic (exact) mass is 472 g/mol. The Labute approximate surface area is 196 Å². The van der Waals surface area contributed by atoms with Crippen molar-refractivity contribution in [1.82, 2.24) is 9.88 Å². The van der Waals surface area contributed by atoms with Gasteiger partial charge in [0.15, 0.2) is 5.57 Å². The van der Waals surface area contributed by atoms with E-state index in [4.69, 9.17) is 4.42 Å². The number of nitro benzene ring substituents is 1. The summed E-state index contributed by atoms with van der Waals surface area (Å²) in [6.07, 6.45) is 1.53. The first-order valence-corrected chi connectivity index (χ1v) is 10.7. The minimum Gasteiger partial charge on any atom is -0.457 e. The van der Waals surface area contributed by atoms with Gasteiger partial charge in [0.2, 0.25) is 0 Å². The van der Waals surface area contributed by atoms with Crippen LogP contribution in [-0.2, 0) is 4.79 Å². The van der Waals surface area contributed by atoms with Crippen molar-refractivity contribution in [2.45, 2.75) is 0 Å². The maximum atomic E-state index is 13.3. The van der Waals surface area contributed by atoms with Gasteiger partial charge in [0, 0.05) is 30.8 Å². The third kappa shape index (κ3) is 4.28. The van der Waals surface area contributed by atoms with Crippen LogP contribution < -0.4 is 20.1 Å². The lowest BCUT2D eigenvalue weighted by Crippen LogP contribution is -2.33. The maximum Gasteiger partial charge on any atom is 0.273 e. The predicted molar refractivity (Wildman–Crippen MR) is 127 cm³/mol. The molecule has 0 unspecified atom stereocenters.